The van der Waals surface area contributed by atoms with Crippen LogP contribution >= 0.6 is 0 Å². The maximum Gasteiger partial charge on any atom is 0.336 e. The molecule has 2 aliphatic rings. The lowest BCUT2D eigenvalue weighted by Gasteiger charge is -2.46. The van der Waals surface area contributed by atoms with E-state index in [1.54, 1.807) is 31.4 Å². The van der Waals surface area contributed by atoms with Gasteiger partial charge in [0.25, 0.3) is 0 Å². The summed E-state index contributed by atoms with van der Waals surface area (Å²) < 4.78 is 28.7. The molecule has 4 atom stereocenters. The first-order valence-electron chi connectivity index (χ1n) is 8.52. The lowest BCUT2D eigenvalue weighted by atomic mass is 9.84. The van der Waals surface area contributed by atoms with Crippen molar-refractivity contribution in [1.29, 1.82) is 5.41 Å². The van der Waals surface area contributed by atoms with E-state index < -0.39 is 17.5 Å². The molecule has 1 aromatic carbocycles. The maximum atomic E-state index is 11.3. The Hall–Kier alpha value is -2.38. The zero-order valence-electron chi connectivity index (χ0n) is 14.9. The Balaban J connectivity index is 1.63. The van der Waals surface area contributed by atoms with Crippen molar-refractivity contribution in [2.24, 2.45) is 5.92 Å². The summed E-state index contributed by atoms with van der Waals surface area (Å²) in [5.74, 6) is 0.683. The summed E-state index contributed by atoms with van der Waals surface area (Å²) in [6.07, 6.45) is -0.716. The average molecular weight is 359 g/mol. The zero-order chi connectivity index (χ0) is 18.5. The van der Waals surface area contributed by atoms with Gasteiger partial charge < -0.3 is 23.4 Å². The maximum absolute atomic E-state index is 11.3. The fraction of sp³-hybridized carbons (Fsp3) is 0.474. The number of rotatable bonds is 3. The molecule has 26 heavy (non-hydrogen) atoms. The highest BCUT2D eigenvalue weighted by atomic mass is 16.7. The second kappa shape index (κ2) is 6.10. The van der Waals surface area contributed by atoms with Crippen LogP contribution in [0.1, 0.15) is 20.3 Å². The van der Waals surface area contributed by atoms with Crippen molar-refractivity contribution in [2.45, 2.75) is 44.4 Å². The molecule has 0 aliphatic carbocycles. The van der Waals surface area contributed by atoms with Gasteiger partial charge in [-0.2, -0.15) is 0 Å². The monoisotopic (exact) mass is 359 g/mol. The van der Waals surface area contributed by atoms with Crippen molar-refractivity contribution in [2.75, 3.05) is 7.11 Å². The van der Waals surface area contributed by atoms with Gasteiger partial charge in [0.15, 0.2) is 5.90 Å². The molecule has 0 saturated carbocycles. The molecule has 4 unspecified atom stereocenters. The first kappa shape index (κ1) is 17.1. The van der Waals surface area contributed by atoms with Crippen LogP contribution in [0.15, 0.2) is 39.5 Å². The minimum Gasteiger partial charge on any atom is -0.474 e. The highest BCUT2D eigenvalue weighted by Gasteiger charge is 2.56. The van der Waals surface area contributed by atoms with E-state index in [4.69, 9.17) is 28.8 Å². The number of nitrogens with one attached hydrogen (secondary N) is 1. The van der Waals surface area contributed by atoms with Gasteiger partial charge in [-0.3, -0.25) is 5.41 Å². The van der Waals surface area contributed by atoms with E-state index in [9.17, 15) is 4.79 Å². The third kappa shape index (κ3) is 2.87. The molecule has 138 valence electrons. The van der Waals surface area contributed by atoms with Gasteiger partial charge in [-0.15, -0.1) is 0 Å². The normalized spacial score (nSPS) is 30.0. The van der Waals surface area contributed by atoms with Crippen LogP contribution in [0.5, 0.6) is 5.75 Å². The molecular formula is C19H21NO6. The van der Waals surface area contributed by atoms with Crippen LogP contribution in [0.3, 0.4) is 0 Å². The molecule has 0 spiro atoms. The summed E-state index contributed by atoms with van der Waals surface area (Å²) in [5.41, 5.74) is -0.522. The van der Waals surface area contributed by atoms with E-state index in [1.807, 2.05) is 13.8 Å². The summed E-state index contributed by atoms with van der Waals surface area (Å²) in [6.45, 7) is 3.85. The second-order valence-electron chi connectivity index (χ2n) is 7.19. The molecule has 0 bridgehead atoms. The van der Waals surface area contributed by atoms with Gasteiger partial charge in [0.1, 0.15) is 23.5 Å². The molecule has 0 radical (unpaired) electrons. The zero-order valence-corrected chi connectivity index (χ0v) is 14.9. The van der Waals surface area contributed by atoms with Crippen LogP contribution < -0.4 is 10.4 Å². The summed E-state index contributed by atoms with van der Waals surface area (Å²) in [7, 11) is 1.62. The number of hydrogen-bond acceptors (Lipinski definition) is 7. The summed E-state index contributed by atoms with van der Waals surface area (Å²) >= 11 is 0. The van der Waals surface area contributed by atoms with Crippen LogP contribution in [-0.2, 0) is 14.2 Å². The van der Waals surface area contributed by atoms with Gasteiger partial charge in [0.2, 0.25) is 6.29 Å². The summed E-state index contributed by atoms with van der Waals surface area (Å²) in [5, 5.41) is 8.67. The molecule has 2 saturated heterocycles. The minimum atomic E-state index is -0.630. The fourth-order valence-electron chi connectivity index (χ4n) is 3.80. The highest BCUT2D eigenvalue weighted by molar-refractivity contribution is 5.78. The van der Waals surface area contributed by atoms with Gasteiger partial charge in [0.05, 0.1) is 11.5 Å². The van der Waals surface area contributed by atoms with E-state index in [-0.39, 0.29) is 24.0 Å². The molecule has 2 fully saturated rings. The van der Waals surface area contributed by atoms with Crippen molar-refractivity contribution in [3.05, 3.63) is 40.8 Å². The Morgan fingerprint density at radius 3 is 2.81 bits per heavy atom. The third-order valence-electron chi connectivity index (χ3n) is 4.97. The number of methoxy groups -OCH3 is 1. The van der Waals surface area contributed by atoms with E-state index in [0.29, 0.717) is 17.8 Å². The van der Waals surface area contributed by atoms with Gasteiger partial charge in [0, 0.05) is 25.0 Å². The average Bonchev–Trinajstić information content (AvgIpc) is 2.96. The van der Waals surface area contributed by atoms with E-state index in [1.165, 1.54) is 6.07 Å². The molecule has 2 aromatic rings. The Kier molecular flexibility index (Phi) is 4.00. The predicted octanol–water partition coefficient (Wildman–Crippen LogP) is 2.70. The van der Waals surface area contributed by atoms with E-state index in [0.717, 1.165) is 5.39 Å². The van der Waals surface area contributed by atoms with Gasteiger partial charge in [-0.25, -0.2) is 4.79 Å². The van der Waals surface area contributed by atoms with Gasteiger partial charge in [-0.1, -0.05) is 0 Å². The molecule has 0 amide bonds. The lowest BCUT2D eigenvalue weighted by molar-refractivity contribution is -0.279. The van der Waals surface area contributed by atoms with E-state index >= 15 is 0 Å². The Labute approximate surface area is 150 Å². The van der Waals surface area contributed by atoms with Crippen molar-refractivity contribution >= 4 is 16.9 Å². The summed E-state index contributed by atoms with van der Waals surface area (Å²) in [4.78, 5) is 11.3. The molecule has 4 rings (SSSR count). The third-order valence-corrected chi connectivity index (χ3v) is 4.97. The number of ether oxygens (including phenoxy) is 4. The topological polar surface area (TPSA) is 91.0 Å². The molecule has 3 heterocycles. The SMILES string of the molecule is COC1C2OC(=N)CC2C(Oc2ccc3oc(=O)ccc3c2)OC1(C)C. The highest BCUT2D eigenvalue weighted by Crippen LogP contribution is 2.42. The molecular weight excluding hydrogens is 338 g/mol. The van der Waals surface area contributed by atoms with E-state index in [2.05, 4.69) is 0 Å². The van der Waals surface area contributed by atoms with Gasteiger partial charge in [-0.05, 0) is 38.1 Å². The largest absolute Gasteiger partial charge is 0.474 e. The predicted molar refractivity (Wildman–Crippen MR) is 93.6 cm³/mol. The molecule has 7 nitrogen and oxygen atoms in total. The Bertz CT molecular complexity index is 904. The van der Waals surface area contributed by atoms with Crippen LogP contribution in [0.2, 0.25) is 0 Å². The molecule has 1 N–H and O–H groups in total. The standard InChI is InChI=1S/C19H21NO6/c1-19(2)17(22-3)16-12(9-14(20)25-16)18(26-19)23-11-5-6-13-10(8-11)4-7-15(21)24-13/h4-8,12,16-18,20H,9H2,1-3H3. The smallest absolute Gasteiger partial charge is 0.336 e. The quantitative estimate of drug-likeness (QED) is 0.848. The van der Waals surface area contributed by atoms with Crippen LogP contribution in [0.4, 0.5) is 0 Å². The Morgan fingerprint density at radius 1 is 1.23 bits per heavy atom. The van der Waals surface area contributed by atoms with Crippen LogP contribution in [0, 0.1) is 11.3 Å². The molecule has 2 aliphatic heterocycles. The molecule has 1 aromatic heterocycles. The van der Waals surface area contributed by atoms with Crippen molar-refractivity contribution in [3.8, 4) is 5.75 Å². The fourth-order valence-corrected chi connectivity index (χ4v) is 3.80. The van der Waals surface area contributed by atoms with Gasteiger partial charge >= 0.3 is 5.63 Å². The summed E-state index contributed by atoms with van der Waals surface area (Å²) in [6, 6.07) is 8.30. The van der Waals surface area contributed by atoms with Crippen molar-refractivity contribution in [3.63, 3.8) is 0 Å². The van der Waals surface area contributed by atoms with Crippen LogP contribution in [0.25, 0.3) is 11.0 Å². The number of hydrogen-bond donors (Lipinski definition) is 1. The molecule has 7 heteroatoms. The Morgan fingerprint density at radius 2 is 2.04 bits per heavy atom. The van der Waals surface area contributed by atoms with Crippen molar-refractivity contribution < 1.29 is 23.4 Å². The number of fused-ring (bicyclic) bond motifs is 2. The first-order chi connectivity index (χ1) is 12.4. The number of benzene rings is 1. The first-order valence-corrected chi connectivity index (χ1v) is 8.52. The second-order valence-corrected chi connectivity index (χ2v) is 7.19. The lowest BCUT2D eigenvalue weighted by Crippen LogP contribution is -2.60. The van der Waals surface area contributed by atoms with Crippen LogP contribution in [-0.4, -0.2) is 37.1 Å². The van der Waals surface area contributed by atoms with Crippen molar-refractivity contribution in [1.82, 2.24) is 0 Å². The minimum absolute atomic E-state index is 0.134.